The maximum atomic E-state index is 14.3. The van der Waals surface area contributed by atoms with Crippen molar-refractivity contribution in [1.82, 2.24) is 14.5 Å². The van der Waals surface area contributed by atoms with Crippen molar-refractivity contribution in [1.29, 1.82) is 0 Å². The third kappa shape index (κ3) is 2.55. The number of thiophene rings is 1. The molecule has 4 aromatic rings. The van der Waals surface area contributed by atoms with E-state index in [1.807, 2.05) is 12.3 Å². The molecule has 0 aliphatic heterocycles. The van der Waals surface area contributed by atoms with Gasteiger partial charge >= 0.3 is 0 Å². The number of halogens is 1. The number of rotatable bonds is 3. The highest BCUT2D eigenvalue weighted by Crippen LogP contribution is 2.27. The zero-order valence-corrected chi connectivity index (χ0v) is 14.8. The SMILES string of the molecule is C=C(c1ccccc1F)c1nc2ccsc2c(=O)n1-c1cccnc1C. The first-order chi connectivity index (χ1) is 12.6. The molecule has 6 heteroatoms. The van der Waals surface area contributed by atoms with E-state index >= 15 is 0 Å². The summed E-state index contributed by atoms with van der Waals surface area (Å²) in [6.45, 7) is 5.84. The average molecular weight is 363 g/mol. The van der Waals surface area contributed by atoms with E-state index in [1.54, 1.807) is 42.6 Å². The number of hydrogen-bond acceptors (Lipinski definition) is 4. The first-order valence-electron chi connectivity index (χ1n) is 7.94. The minimum atomic E-state index is -0.411. The van der Waals surface area contributed by atoms with Crippen LogP contribution in [0.4, 0.5) is 4.39 Å². The van der Waals surface area contributed by atoms with E-state index in [2.05, 4.69) is 16.5 Å². The van der Waals surface area contributed by atoms with Crippen LogP contribution in [-0.2, 0) is 0 Å². The molecule has 0 saturated carbocycles. The molecular weight excluding hydrogens is 349 g/mol. The molecule has 26 heavy (non-hydrogen) atoms. The fraction of sp³-hybridized carbons (Fsp3) is 0.0500. The van der Waals surface area contributed by atoms with Crippen LogP contribution in [0.15, 0.2) is 65.4 Å². The Bertz CT molecular complexity index is 1210. The first-order valence-corrected chi connectivity index (χ1v) is 8.82. The van der Waals surface area contributed by atoms with Crippen LogP contribution >= 0.6 is 11.3 Å². The summed E-state index contributed by atoms with van der Waals surface area (Å²) < 4.78 is 16.3. The molecule has 0 fully saturated rings. The summed E-state index contributed by atoms with van der Waals surface area (Å²) in [6.07, 6.45) is 1.66. The smallest absolute Gasteiger partial charge is 0.267 e. The van der Waals surface area contributed by atoms with Gasteiger partial charge in [0.15, 0.2) is 0 Å². The fourth-order valence-corrected chi connectivity index (χ4v) is 3.64. The van der Waals surface area contributed by atoms with Gasteiger partial charge in [0, 0.05) is 17.3 Å². The zero-order valence-electron chi connectivity index (χ0n) is 13.9. The topological polar surface area (TPSA) is 47.8 Å². The Hall–Kier alpha value is -3.12. The Morgan fingerprint density at radius 2 is 2.00 bits per heavy atom. The van der Waals surface area contributed by atoms with Crippen LogP contribution in [0.25, 0.3) is 21.5 Å². The Balaban J connectivity index is 2.07. The van der Waals surface area contributed by atoms with Gasteiger partial charge in [0.25, 0.3) is 5.56 Å². The van der Waals surface area contributed by atoms with Crippen molar-refractivity contribution in [3.63, 3.8) is 0 Å². The van der Waals surface area contributed by atoms with Gasteiger partial charge in [-0.25, -0.2) is 9.37 Å². The van der Waals surface area contributed by atoms with Crippen molar-refractivity contribution in [2.24, 2.45) is 0 Å². The van der Waals surface area contributed by atoms with Crippen LogP contribution in [0.2, 0.25) is 0 Å². The fourth-order valence-electron chi connectivity index (χ4n) is 2.88. The van der Waals surface area contributed by atoms with E-state index < -0.39 is 5.82 Å². The quantitative estimate of drug-likeness (QED) is 0.544. The molecule has 0 bridgehead atoms. The maximum absolute atomic E-state index is 14.3. The molecule has 0 amide bonds. The number of hydrogen-bond donors (Lipinski definition) is 0. The van der Waals surface area contributed by atoms with Crippen LogP contribution in [0.3, 0.4) is 0 Å². The highest BCUT2D eigenvalue weighted by Gasteiger charge is 2.19. The van der Waals surface area contributed by atoms with Gasteiger partial charge in [0.05, 0.1) is 16.9 Å². The summed E-state index contributed by atoms with van der Waals surface area (Å²) in [5.74, 6) is -0.103. The second-order valence-corrected chi connectivity index (χ2v) is 6.69. The normalized spacial score (nSPS) is 11.0. The molecule has 4 nitrogen and oxygen atoms in total. The standard InChI is InChI=1S/C20H14FN3OS/c1-12(14-6-3-4-7-15(14)21)19-23-16-9-11-26-18(16)20(25)24(19)17-8-5-10-22-13(17)2/h3-11H,1H2,2H3. The van der Waals surface area contributed by atoms with Crippen LogP contribution in [0, 0.1) is 12.7 Å². The number of aryl methyl sites for hydroxylation is 1. The summed E-state index contributed by atoms with van der Waals surface area (Å²) in [5.41, 5.74) is 2.29. The lowest BCUT2D eigenvalue weighted by atomic mass is 10.1. The average Bonchev–Trinajstić information content (AvgIpc) is 3.11. The molecule has 0 N–H and O–H groups in total. The lowest BCUT2D eigenvalue weighted by Gasteiger charge is -2.16. The van der Waals surface area contributed by atoms with E-state index in [1.165, 1.54) is 22.0 Å². The largest absolute Gasteiger partial charge is 0.276 e. The van der Waals surface area contributed by atoms with E-state index in [9.17, 15) is 9.18 Å². The first kappa shape index (κ1) is 16.4. The van der Waals surface area contributed by atoms with Gasteiger partial charge in [-0.15, -0.1) is 11.3 Å². The maximum Gasteiger partial charge on any atom is 0.276 e. The van der Waals surface area contributed by atoms with Crippen molar-refractivity contribution in [2.75, 3.05) is 0 Å². The van der Waals surface area contributed by atoms with Crippen LogP contribution < -0.4 is 5.56 Å². The van der Waals surface area contributed by atoms with Crippen molar-refractivity contribution >= 4 is 27.1 Å². The van der Waals surface area contributed by atoms with E-state index in [4.69, 9.17) is 0 Å². The van der Waals surface area contributed by atoms with Gasteiger partial charge < -0.3 is 0 Å². The van der Waals surface area contributed by atoms with E-state index in [-0.39, 0.29) is 5.56 Å². The molecule has 0 spiro atoms. The van der Waals surface area contributed by atoms with Crippen LogP contribution in [0.5, 0.6) is 0 Å². The molecule has 3 heterocycles. The molecule has 128 valence electrons. The number of fused-ring (bicyclic) bond motifs is 1. The predicted molar refractivity (Wildman–Crippen MR) is 102 cm³/mol. The van der Waals surface area contributed by atoms with Crippen molar-refractivity contribution in [2.45, 2.75) is 6.92 Å². The molecule has 0 saturated heterocycles. The summed E-state index contributed by atoms with van der Waals surface area (Å²) in [7, 11) is 0. The highest BCUT2D eigenvalue weighted by molar-refractivity contribution is 7.17. The van der Waals surface area contributed by atoms with Gasteiger partial charge in [0.2, 0.25) is 0 Å². The summed E-state index contributed by atoms with van der Waals surface area (Å²) in [4.78, 5) is 22.0. The van der Waals surface area contributed by atoms with Crippen molar-refractivity contribution < 1.29 is 4.39 Å². The second kappa shape index (κ2) is 6.31. The number of benzene rings is 1. The second-order valence-electron chi connectivity index (χ2n) is 5.78. The van der Waals surface area contributed by atoms with Gasteiger partial charge in [0.1, 0.15) is 16.3 Å². The highest BCUT2D eigenvalue weighted by atomic mass is 32.1. The Labute approximate surface area is 152 Å². The lowest BCUT2D eigenvalue weighted by Crippen LogP contribution is -2.24. The summed E-state index contributed by atoms with van der Waals surface area (Å²) in [5, 5.41) is 1.81. The molecule has 1 aromatic carbocycles. The van der Waals surface area contributed by atoms with Crippen LogP contribution in [-0.4, -0.2) is 14.5 Å². The zero-order chi connectivity index (χ0) is 18.3. The molecule has 0 unspecified atom stereocenters. The third-order valence-electron chi connectivity index (χ3n) is 4.17. The minimum Gasteiger partial charge on any atom is -0.267 e. The molecule has 0 aliphatic carbocycles. The van der Waals surface area contributed by atoms with Crippen molar-refractivity contribution in [3.8, 4) is 5.69 Å². The van der Waals surface area contributed by atoms with Crippen LogP contribution in [0.1, 0.15) is 17.1 Å². The van der Waals surface area contributed by atoms with Crippen molar-refractivity contribution in [3.05, 3.63) is 93.9 Å². The van der Waals surface area contributed by atoms with Gasteiger partial charge in [-0.1, -0.05) is 24.8 Å². The Morgan fingerprint density at radius 3 is 2.77 bits per heavy atom. The molecule has 0 atom stereocenters. The monoisotopic (exact) mass is 363 g/mol. The molecular formula is C20H14FN3OS. The van der Waals surface area contributed by atoms with E-state index in [0.717, 1.165) is 0 Å². The predicted octanol–water partition coefficient (Wildman–Crippen LogP) is 4.35. The van der Waals surface area contributed by atoms with Gasteiger partial charge in [-0.2, -0.15) is 0 Å². The number of nitrogens with zero attached hydrogens (tertiary/aromatic N) is 3. The Kier molecular flexibility index (Phi) is 3.97. The third-order valence-corrected chi connectivity index (χ3v) is 5.06. The number of pyridine rings is 1. The van der Waals surface area contributed by atoms with E-state index in [0.29, 0.717) is 38.6 Å². The van der Waals surface area contributed by atoms with Gasteiger partial charge in [-0.05, 0) is 36.6 Å². The molecule has 0 radical (unpaired) electrons. The lowest BCUT2D eigenvalue weighted by molar-refractivity contribution is 0.624. The molecule has 0 aliphatic rings. The Morgan fingerprint density at radius 1 is 1.19 bits per heavy atom. The number of aromatic nitrogens is 3. The molecule has 3 aromatic heterocycles. The summed E-state index contributed by atoms with van der Waals surface area (Å²) in [6, 6.07) is 11.7. The molecule has 4 rings (SSSR count). The minimum absolute atomic E-state index is 0.214. The summed E-state index contributed by atoms with van der Waals surface area (Å²) >= 11 is 1.33. The van der Waals surface area contributed by atoms with Gasteiger partial charge in [-0.3, -0.25) is 14.3 Å².